The van der Waals surface area contributed by atoms with Crippen LogP contribution in [-0.2, 0) is 11.3 Å². The van der Waals surface area contributed by atoms with Gasteiger partial charge >= 0.3 is 12.1 Å². The number of carbonyl (C=O) groups excluding carboxylic acids is 1. The molecule has 0 aliphatic rings. The van der Waals surface area contributed by atoms with Crippen molar-refractivity contribution in [1.29, 1.82) is 0 Å². The maximum absolute atomic E-state index is 11.8. The van der Waals surface area contributed by atoms with Crippen LogP contribution in [0.4, 0.5) is 13.2 Å². The molecule has 1 rings (SSSR count). The molecule has 1 aromatic rings. The van der Waals surface area contributed by atoms with Crippen LogP contribution in [0.2, 0.25) is 5.02 Å². The van der Waals surface area contributed by atoms with Gasteiger partial charge in [-0.15, -0.1) is 12.6 Å². The molecule has 0 saturated carbocycles. The standard InChI is InChI=1S/C9H7ClF3NOS/c10-6-2-1-5(3-7(6)16)4-14-8(15)9(11,12)13/h1-3,16H,4H2,(H,14,15). The summed E-state index contributed by atoms with van der Waals surface area (Å²) < 4.78 is 35.5. The number of rotatable bonds is 2. The Bertz CT molecular complexity index is 408. The topological polar surface area (TPSA) is 29.1 Å². The molecule has 0 spiro atoms. The lowest BCUT2D eigenvalue weighted by Crippen LogP contribution is -2.36. The van der Waals surface area contributed by atoms with E-state index in [2.05, 4.69) is 12.6 Å². The van der Waals surface area contributed by atoms with Gasteiger partial charge in [-0.3, -0.25) is 4.79 Å². The largest absolute Gasteiger partial charge is 0.471 e. The van der Waals surface area contributed by atoms with Crippen molar-refractivity contribution in [3.8, 4) is 0 Å². The molecule has 1 aromatic carbocycles. The van der Waals surface area contributed by atoms with E-state index in [1.165, 1.54) is 18.2 Å². The molecule has 0 unspecified atom stereocenters. The van der Waals surface area contributed by atoms with E-state index < -0.39 is 12.1 Å². The number of alkyl halides is 3. The van der Waals surface area contributed by atoms with E-state index in [0.717, 1.165) is 0 Å². The van der Waals surface area contributed by atoms with Crippen molar-refractivity contribution in [2.75, 3.05) is 0 Å². The number of hydrogen-bond donors (Lipinski definition) is 2. The Morgan fingerprint density at radius 3 is 2.56 bits per heavy atom. The number of hydrogen-bond acceptors (Lipinski definition) is 2. The van der Waals surface area contributed by atoms with Crippen molar-refractivity contribution >= 4 is 30.1 Å². The van der Waals surface area contributed by atoms with Gasteiger partial charge in [0.25, 0.3) is 0 Å². The summed E-state index contributed by atoms with van der Waals surface area (Å²) in [7, 11) is 0. The van der Waals surface area contributed by atoms with Crippen LogP contribution >= 0.6 is 24.2 Å². The molecule has 0 atom stereocenters. The normalized spacial score (nSPS) is 11.3. The maximum atomic E-state index is 11.8. The Kier molecular flexibility index (Phi) is 4.09. The van der Waals surface area contributed by atoms with Gasteiger partial charge in [-0.25, -0.2) is 0 Å². The SMILES string of the molecule is O=C(NCc1ccc(Cl)c(S)c1)C(F)(F)F. The van der Waals surface area contributed by atoms with Crippen LogP contribution < -0.4 is 5.32 Å². The molecule has 0 aliphatic heterocycles. The molecule has 0 saturated heterocycles. The van der Waals surface area contributed by atoms with Crippen molar-refractivity contribution in [3.05, 3.63) is 28.8 Å². The highest BCUT2D eigenvalue weighted by atomic mass is 35.5. The van der Waals surface area contributed by atoms with Crippen molar-refractivity contribution in [3.63, 3.8) is 0 Å². The highest BCUT2D eigenvalue weighted by Gasteiger charge is 2.38. The van der Waals surface area contributed by atoms with Crippen molar-refractivity contribution in [2.45, 2.75) is 17.6 Å². The molecule has 1 amide bonds. The third-order valence-electron chi connectivity index (χ3n) is 1.72. The lowest BCUT2D eigenvalue weighted by Gasteiger charge is -2.08. The predicted octanol–water partition coefficient (Wildman–Crippen LogP) is 2.81. The summed E-state index contributed by atoms with van der Waals surface area (Å²) in [6.45, 7) is -0.219. The minimum atomic E-state index is -4.86. The molecular weight excluding hydrogens is 263 g/mol. The average molecular weight is 270 g/mol. The zero-order valence-corrected chi connectivity index (χ0v) is 9.46. The number of thiol groups is 1. The summed E-state index contributed by atoms with van der Waals surface area (Å²) in [5.41, 5.74) is 0.493. The second kappa shape index (κ2) is 4.97. The van der Waals surface area contributed by atoms with Gasteiger partial charge in [0.2, 0.25) is 0 Å². The van der Waals surface area contributed by atoms with Crippen LogP contribution in [0.15, 0.2) is 23.1 Å². The number of benzene rings is 1. The fraction of sp³-hybridized carbons (Fsp3) is 0.222. The van der Waals surface area contributed by atoms with Crippen LogP contribution in [0.3, 0.4) is 0 Å². The first-order valence-corrected chi connectivity index (χ1v) is 4.95. The molecule has 16 heavy (non-hydrogen) atoms. The molecule has 0 aromatic heterocycles. The van der Waals surface area contributed by atoms with Gasteiger partial charge in [0.15, 0.2) is 0 Å². The fourth-order valence-corrected chi connectivity index (χ4v) is 1.31. The molecule has 7 heteroatoms. The minimum Gasteiger partial charge on any atom is -0.344 e. The van der Waals surface area contributed by atoms with Crippen molar-refractivity contribution in [2.24, 2.45) is 0 Å². The third kappa shape index (κ3) is 3.61. The van der Waals surface area contributed by atoms with Gasteiger partial charge in [0.05, 0.1) is 5.02 Å². The maximum Gasteiger partial charge on any atom is 0.471 e. The number of nitrogens with one attached hydrogen (secondary N) is 1. The van der Waals surface area contributed by atoms with E-state index in [0.29, 0.717) is 15.5 Å². The summed E-state index contributed by atoms with van der Waals surface area (Å²) in [5, 5.41) is 2.14. The van der Waals surface area contributed by atoms with Gasteiger partial charge in [-0.05, 0) is 17.7 Å². The quantitative estimate of drug-likeness (QED) is 0.795. The van der Waals surface area contributed by atoms with Crippen molar-refractivity contribution in [1.82, 2.24) is 5.32 Å². The minimum absolute atomic E-state index is 0.219. The fourth-order valence-electron chi connectivity index (χ4n) is 0.951. The van der Waals surface area contributed by atoms with Crippen molar-refractivity contribution < 1.29 is 18.0 Å². The first kappa shape index (κ1) is 13.2. The Labute approximate surface area is 100 Å². The molecule has 1 N–H and O–H groups in total. The van der Waals surface area contributed by atoms with Crippen LogP contribution in [-0.4, -0.2) is 12.1 Å². The second-order valence-electron chi connectivity index (χ2n) is 2.97. The Balaban J connectivity index is 2.62. The van der Waals surface area contributed by atoms with Crippen LogP contribution in [0, 0.1) is 0 Å². The van der Waals surface area contributed by atoms with Crippen LogP contribution in [0.25, 0.3) is 0 Å². The number of halogens is 4. The third-order valence-corrected chi connectivity index (χ3v) is 2.55. The van der Waals surface area contributed by atoms with Crippen LogP contribution in [0.1, 0.15) is 5.56 Å². The molecule has 0 bridgehead atoms. The lowest BCUT2D eigenvalue weighted by atomic mass is 10.2. The Hall–Kier alpha value is -0.880. The predicted molar refractivity (Wildman–Crippen MR) is 56.6 cm³/mol. The summed E-state index contributed by atoms with van der Waals surface area (Å²) in [6.07, 6.45) is -4.86. The van der Waals surface area contributed by atoms with E-state index in [-0.39, 0.29) is 6.54 Å². The smallest absolute Gasteiger partial charge is 0.344 e. The molecule has 0 radical (unpaired) electrons. The zero-order valence-electron chi connectivity index (χ0n) is 7.81. The zero-order chi connectivity index (χ0) is 12.3. The second-order valence-corrected chi connectivity index (χ2v) is 3.86. The molecule has 2 nitrogen and oxygen atoms in total. The van der Waals surface area contributed by atoms with Gasteiger partial charge < -0.3 is 5.32 Å². The number of amides is 1. The summed E-state index contributed by atoms with van der Waals surface area (Å²) in [5.74, 6) is -1.97. The lowest BCUT2D eigenvalue weighted by molar-refractivity contribution is -0.173. The van der Waals surface area contributed by atoms with Gasteiger partial charge in [-0.2, -0.15) is 13.2 Å². The number of carbonyl (C=O) groups is 1. The van der Waals surface area contributed by atoms with Gasteiger partial charge in [0, 0.05) is 11.4 Å². The molecule has 88 valence electrons. The van der Waals surface area contributed by atoms with E-state index in [1.807, 2.05) is 0 Å². The summed E-state index contributed by atoms with van der Waals surface area (Å²) >= 11 is 9.67. The van der Waals surface area contributed by atoms with E-state index >= 15 is 0 Å². The first-order chi connectivity index (χ1) is 7.30. The highest BCUT2D eigenvalue weighted by molar-refractivity contribution is 7.80. The van der Waals surface area contributed by atoms with E-state index in [1.54, 1.807) is 5.32 Å². The Morgan fingerprint density at radius 1 is 1.44 bits per heavy atom. The van der Waals surface area contributed by atoms with Gasteiger partial charge in [-0.1, -0.05) is 17.7 Å². The first-order valence-electron chi connectivity index (χ1n) is 4.13. The molecule has 0 fully saturated rings. The molecule has 0 aliphatic carbocycles. The summed E-state index contributed by atoms with van der Waals surface area (Å²) in [4.78, 5) is 11.0. The summed E-state index contributed by atoms with van der Waals surface area (Å²) in [6, 6.07) is 4.50. The van der Waals surface area contributed by atoms with E-state index in [4.69, 9.17) is 11.6 Å². The Morgan fingerprint density at radius 2 is 2.06 bits per heavy atom. The van der Waals surface area contributed by atoms with Crippen LogP contribution in [0.5, 0.6) is 0 Å². The van der Waals surface area contributed by atoms with E-state index in [9.17, 15) is 18.0 Å². The highest BCUT2D eigenvalue weighted by Crippen LogP contribution is 2.21. The van der Waals surface area contributed by atoms with Gasteiger partial charge in [0.1, 0.15) is 0 Å². The molecule has 0 heterocycles. The molecular formula is C9H7ClF3NOS. The average Bonchev–Trinajstić information content (AvgIpc) is 2.18. The monoisotopic (exact) mass is 269 g/mol.